The van der Waals surface area contributed by atoms with Crippen LogP contribution in [0.1, 0.15) is 44.9 Å². The number of hydrogen-bond donors (Lipinski definition) is 1. The number of esters is 1. The molecule has 0 spiro atoms. The van der Waals surface area contributed by atoms with Gasteiger partial charge in [-0.05, 0) is 32.2 Å². The van der Waals surface area contributed by atoms with Crippen LogP contribution in [0.5, 0.6) is 0 Å². The first kappa shape index (κ1) is 13.8. The third-order valence-electron chi connectivity index (χ3n) is 4.19. The molecule has 0 aromatic carbocycles. The van der Waals surface area contributed by atoms with E-state index in [2.05, 4.69) is 10.2 Å². The van der Waals surface area contributed by atoms with Gasteiger partial charge in [0.2, 0.25) is 0 Å². The second-order valence-corrected chi connectivity index (χ2v) is 5.61. The van der Waals surface area contributed by atoms with E-state index < -0.39 is 0 Å². The van der Waals surface area contributed by atoms with Crippen molar-refractivity contribution in [2.75, 3.05) is 26.7 Å². The molecule has 1 aliphatic heterocycles. The summed E-state index contributed by atoms with van der Waals surface area (Å²) in [5, 5.41) is 3.79. The van der Waals surface area contributed by atoms with Crippen LogP contribution in [0.3, 0.4) is 0 Å². The van der Waals surface area contributed by atoms with Crippen LogP contribution in [-0.4, -0.2) is 49.7 Å². The Bertz CT molecular complexity index is 265. The fourth-order valence-electron chi connectivity index (χ4n) is 3.17. The summed E-state index contributed by atoms with van der Waals surface area (Å²) in [6.45, 7) is 3.06. The van der Waals surface area contributed by atoms with Crippen LogP contribution in [0.25, 0.3) is 0 Å². The Morgan fingerprint density at radius 3 is 2.67 bits per heavy atom. The van der Waals surface area contributed by atoms with Crippen LogP contribution >= 0.6 is 0 Å². The molecule has 18 heavy (non-hydrogen) atoms. The molecule has 4 heteroatoms. The van der Waals surface area contributed by atoms with Gasteiger partial charge in [0.1, 0.15) is 0 Å². The molecule has 1 unspecified atom stereocenters. The number of likely N-dealkylation sites (tertiary alicyclic amines) is 1. The Morgan fingerprint density at radius 1 is 1.22 bits per heavy atom. The van der Waals surface area contributed by atoms with Gasteiger partial charge in [0.15, 0.2) is 0 Å². The van der Waals surface area contributed by atoms with E-state index in [1.54, 1.807) is 0 Å². The number of nitrogens with one attached hydrogen (secondary N) is 1. The summed E-state index contributed by atoms with van der Waals surface area (Å²) in [5.41, 5.74) is 0. The summed E-state index contributed by atoms with van der Waals surface area (Å²) in [6.07, 6.45) is 8.51. The highest BCUT2D eigenvalue weighted by Crippen LogP contribution is 2.20. The van der Waals surface area contributed by atoms with E-state index in [4.69, 9.17) is 4.74 Å². The molecule has 2 rings (SSSR count). The van der Waals surface area contributed by atoms with Crippen molar-refractivity contribution in [3.05, 3.63) is 0 Å². The molecule has 0 aromatic heterocycles. The number of piperidine rings is 1. The zero-order valence-corrected chi connectivity index (χ0v) is 11.5. The topological polar surface area (TPSA) is 41.6 Å². The first-order valence-electron chi connectivity index (χ1n) is 7.33. The van der Waals surface area contributed by atoms with Crippen LogP contribution in [0.15, 0.2) is 0 Å². The number of nitrogens with zero attached hydrogens (tertiary/aromatic N) is 1. The minimum Gasteiger partial charge on any atom is -0.469 e. The van der Waals surface area contributed by atoms with Crippen molar-refractivity contribution in [3.63, 3.8) is 0 Å². The molecule has 2 fully saturated rings. The summed E-state index contributed by atoms with van der Waals surface area (Å²) < 4.78 is 4.69. The molecule has 0 amide bonds. The largest absolute Gasteiger partial charge is 0.469 e. The lowest BCUT2D eigenvalue weighted by molar-refractivity contribution is -0.141. The highest BCUT2D eigenvalue weighted by Gasteiger charge is 2.24. The van der Waals surface area contributed by atoms with Crippen molar-refractivity contribution in [1.82, 2.24) is 10.2 Å². The van der Waals surface area contributed by atoms with Gasteiger partial charge in [0, 0.05) is 25.2 Å². The average Bonchev–Trinajstić information content (AvgIpc) is 2.89. The lowest BCUT2D eigenvalue weighted by Gasteiger charge is -2.34. The monoisotopic (exact) mass is 254 g/mol. The molecule has 1 saturated heterocycles. The van der Waals surface area contributed by atoms with Crippen molar-refractivity contribution in [2.45, 2.75) is 57.0 Å². The van der Waals surface area contributed by atoms with Crippen molar-refractivity contribution < 1.29 is 9.53 Å². The van der Waals surface area contributed by atoms with E-state index in [9.17, 15) is 4.79 Å². The standard InChI is InChI=1S/C14H26N2O2/c1-18-14(17)8-10-16-9-4-7-13(11-16)15-12-5-2-3-6-12/h12-13,15H,2-11H2,1H3. The number of carbonyl (C=O) groups is 1. The summed E-state index contributed by atoms with van der Waals surface area (Å²) in [5.74, 6) is -0.0964. The maximum atomic E-state index is 11.2. The van der Waals surface area contributed by atoms with Gasteiger partial charge in [0.05, 0.1) is 13.5 Å². The SMILES string of the molecule is COC(=O)CCN1CCCC(NC2CCCC2)C1. The number of ether oxygens (including phenoxy) is 1. The van der Waals surface area contributed by atoms with Crippen molar-refractivity contribution >= 4 is 5.97 Å². The van der Waals surface area contributed by atoms with E-state index in [1.165, 1.54) is 45.6 Å². The molecule has 0 bridgehead atoms. The maximum Gasteiger partial charge on any atom is 0.306 e. The predicted molar refractivity (Wildman–Crippen MR) is 71.5 cm³/mol. The van der Waals surface area contributed by atoms with Crippen molar-refractivity contribution in [2.24, 2.45) is 0 Å². The highest BCUT2D eigenvalue weighted by molar-refractivity contribution is 5.69. The molecule has 4 nitrogen and oxygen atoms in total. The molecule has 1 saturated carbocycles. The first-order valence-corrected chi connectivity index (χ1v) is 7.33. The van der Waals surface area contributed by atoms with E-state index in [-0.39, 0.29) is 5.97 Å². The van der Waals surface area contributed by atoms with Crippen molar-refractivity contribution in [3.8, 4) is 0 Å². The molecule has 0 radical (unpaired) electrons. The van der Waals surface area contributed by atoms with Crippen LogP contribution in [0.4, 0.5) is 0 Å². The Morgan fingerprint density at radius 2 is 1.94 bits per heavy atom. The molecule has 2 aliphatic rings. The summed E-state index contributed by atoms with van der Waals surface area (Å²) in [6, 6.07) is 1.37. The van der Waals surface area contributed by atoms with E-state index in [0.29, 0.717) is 12.5 Å². The molecule has 104 valence electrons. The van der Waals surface area contributed by atoms with Gasteiger partial charge in [-0.15, -0.1) is 0 Å². The lowest BCUT2D eigenvalue weighted by atomic mass is 10.0. The smallest absolute Gasteiger partial charge is 0.306 e. The number of rotatable bonds is 5. The number of hydrogen-bond acceptors (Lipinski definition) is 4. The fourth-order valence-corrected chi connectivity index (χ4v) is 3.17. The third-order valence-corrected chi connectivity index (χ3v) is 4.19. The van der Waals surface area contributed by atoms with Gasteiger partial charge in [-0.2, -0.15) is 0 Å². The van der Waals surface area contributed by atoms with Gasteiger partial charge < -0.3 is 15.0 Å². The third kappa shape index (κ3) is 4.25. The second kappa shape index (κ2) is 7.10. The van der Waals surface area contributed by atoms with Gasteiger partial charge in [-0.25, -0.2) is 0 Å². The Kier molecular flexibility index (Phi) is 5.45. The molecule has 1 atom stereocenters. The lowest BCUT2D eigenvalue weighted by Crippen LogP contribution is -2.48. The average molecular weight is 254 g/mol. The van der Waals surface area contributed by atoms with E-state index in [1.807, 2.05) is 0 Å². The minimum absolute atomic E-state index is 0.0964. The Labute approximate surface area is 110 Å². The molecule has 1 heterocycles. The zero-order chi connectivity index (χ0) is 12.8. The van der Waals surface area contributed by atoms with Gasteiger partial charge >= 0.3 is 5.97 Å². The maximum absolute atomic E-state index is 11.2. The van der Waals surface area contributed by atoms with Gasteiger partial charge in [-0.3, -0.25) is 4.79 Å². The Balaban J connectivity index is 1.68. The number of methoxy groups -OCH3 is 1. The number of carbonyl (C=O) groups excluding carboxylic acids is 1. The predicted octanol–water partition coefficient (Wildman–Crippen LogP) is 1.55. The second-order valence-electron chi connectivity index (χ2n) is 5.61. The molecular formula is C14H26N2O2. The van der Waals surface area contributed by atoms with E-state index in [0.717, 1.165) is 25.7 Å². The highest BCUT2D eigenvalue weighted by atomic mass is 16.5. The van der Waals surface area contributed by atoms with Gasteiger partial charge in [-0.1, -0.05) is 12.8 Å². The zero-order valence-electron chi connectivity index (χ0n) is 11.5. The van der Waals surface area contributed by atoms with Crippen LogP contribution < -0.4 is 5.32 Å². The normalized spacial score (nSPS) is 26.4. The summed E-state index contributed by atoms with van der Waals surface area (Å²) in [7, 11) is 1.46. The fraction of sp³-hybridized carbons (Fsp3) is 0.929. The molecule has 1 aliphatic carbocycles. The quantitative estimate of drug-likeness (QED) is 0.756. The molecule has 0 aromatic rings. The van der Waals surface area contributed by atoms with Crippen LogP contribution in [0.2, 0.25) is 0 Å². The van der Waals surface area contributed by atoms with Crippen molar-refractivity contribution in [1.29, 1.82) is 0 Å². The molecule has 1 N–H and O–H groups in total. The Hall–Kier alpha value is -0.610. The minimum atomic E-state index is -0.0964. The first-order chi connectivity index (χ1) is 8.78. The van der Waals surface area contributed by atoms with Gasteiger partial charge in [0.25, 0.3) is 0 Å². The summed E-state index contributed by atoms with van der Waals surface area (Å²) in [4.78, 5) is 13.5. The van der Waals surface area contributed by atoms with Crippen LogP contribution in [-0.2, 0) is 9.53 Å². The van der Waals surface area contributed by atoms with E-state index >= 15 is 0 Å². The van der Waals surface area contributed by atoms with Crippen LogP contribution in [0, 0.1) is 0 Å². The molecular weight excluding hydrogens is 228 g/mol. The summed E-state index contributed by atoms with van der Waals surface area (Å²) >= 11 is 0.